The smallest absolute Gasteiger partial charge is 0.261 e. The molecule has 0 spiro atoms. The van der Waals surface area contributed by atoms with Gasteiger partial charge in [-0.3, -0.25) is 9.52 Å². The van der Waals surface area contributed by atoms with Gasteiger partial charge in [-0.25, -0.2) is 8.42 Å². The second kappa shape index (κ2) is 10.3. The average Bonchev–Trinajstić information content (AvgIpc) is 2.75. The van der Waals surface area contributed by atoms with E-state index in [0.29, 0.717) is 22.0 Å². The number of rotatable bonds is 8. The Bertz CT molecular complexity index is 1260. The van der Waals surface area contributed by atoms with Crippen LogP contribution in [0.4, 0.5) is 5.69 Å². The summed E-state index contributed by atoms with van der Waals surface area (Å²) in [7, 11) is -3.76. The number of amides is 1. The first kappa shape index (κ1) is 24.6. The lowest BCUT2D eigenvalue weighted by molar-refractivity contribution is -0.123. The molecule has 0 bridgehead atoms. The Hall–Kier alpha value is -3.03. The van der Waals surface area contributed by atoms with Crippen molar-refractivity contribution >= 4 is 33.2 Å². The first-order chi connectivity index (χ1) is 15.5. The molecular formula is C25H27ClN2O4S. The number of carbonyl (C=O) groups excluding carboxylic acids is 1. The molecule has 0 aliphatic carbocycles. The topological polar surface area (TPSA) is 84.5 Å². The Morgan fingerprint density at radius 1 is 0.939 bits per heavy atom. The number of benzene rings is 3. The summed E-state index contributed by atoms with van der Waals surface area (Å²) in [5, 5.41) is 3.49. The molecule has 3 aromatic rings. The first-order valence-corrected chi connectivity index (χ1v) is 12.3. The van der Waals surface area contributed by atoms with Crippen molar-refractivity contribution in [3.05, 3.63) is 87.9 Å². The van der Waals surface area contributed by atoms with Crippen molar-refractivity contribution in [3.8, 4) is 5.75 Å². The van der Waals surface area contributed by atoms with Crippen LogP contribution in [0.15, 0.2) is 65.6 Å². The van der Waals surface area contributed by atoms with Crippen molar-refractivity contribution in [2.75, 3.05) is 11.3 Å². The van der Waals surface area contributed by atoms with Gasteiger partial charge in [-0.2, -0.15) is 0 Å². The summed E-state index contributed by atoms with van der Waals surface area (Å²) in [6.07, 6.45) is 0. The molecule has 0 aliphatic heterocycles. The molecule has 0 heterocycles. The lowest BCUT2D eigenvalue weighted by Gasteiger charge is -2.16. The highest BCUT2D eigenvalue weighted by Gasteiger charge is 2.17. The quantitative estimate of drug-likeness (QED) is 0.451. The largest absolute Gasteiger partial charge is 0.484 e. The summed E-state index contributed by atoms with van der Waals surface area (Å²) < 4.78 is 33.8. The average molecular weight is 487 g/mol. The SMILES string of the molecule is Cc1ccc(NS(=O)(=O)c2ccc(OCC(=O)NC(C)c3ccc(Cl)cc3)c(C)c2)cc1C. The summed E-state index contributed by atoms with van der Waals surface area (Å²) in [6.45, 7) is 7.31. The summed E-state index contributed by atoms with van der Waals surface area (Å²) in [5.41, 5.74) is 4.12. The molecule has 1 atom stereocenters. The van der Waals surface area contributed by atoms with E-state index in [-0.39, 0.29) is 23.5 Å². The number of carbonyl (C=O) groups is 1. The highest BCUT2D eigenvalue weighted by Crippen LogP contribution is 2.24. The first-order valence-electron chi connectivity index (χ1n) is 10.4. The Balaban J connectivity index is 1.62. The van der Waals surface area contributed by atoms with Gasteiger partial charge in [-0.15, -0.1) is 0 Å². The van der Waals surface area contributed by atoms with E-state index in [1.165, 1.54) is 12.1 Å². The standard InChI is InChI=1S/C25H27ClN2O4S/c1-16-5-10-22(13-17(16)2)28-33(30,31)23-11-12-24(18(3)14-23)32-15-25(29)27-19(4)20-6-8-21(26)9-7-20/h5-14,19,28H,15H2,1-4H3,(H,27,29). The fraction of sp³-hybridized carbons (Fsp3) is 0.240. The highest BCUT2D eigenvalue weighted by molar-refractivity contribution is 7.92. The van der Waals surface area contributed by atoms with Crippen molar-refractivity contribution in [1.29, 1.82) is 0 Å². The van der Waals surface area contributed by atoms with E-state index in [0.717, 1.165) is 16.7 Å². The van der Waals surface area contributed by atoms with Crippen LogP contribution < -0.4 is 14.8 Å². The molecule has 3 rings (SSSR count). The molecule has 0 saturated heterocycles. The fourth-order valence-electron chi connectivity index (χ4n) is 3.23. The van der Waals surface area contributed by atoms with Crippen molar-refractivity contribution in [3.63, 3.8) is 0 Å². The normalized spacial score (nSPS) is 12.2. The van der Waals surface area contributed by atoms with Crippen LogP contribution in [0.3, 0.4) is 0 Å². The van der Waals surface area contributed by atoms with Crippen molar-refractivity contribution in [1.82, 2.24) is 5.32 Å². The van der Waals surface area contributed by atoms with E-state index < -0.39 is 10.0 Å². The molecule has 1 unspecified atom stereocenters. The molecule has 8 heteroatoms. The molecule has 0 aromatic heterocycles. The zero-order chi connectivity index (χ0) is 24.2. The number of halogens is 1. The van der Waals surface area contributed by atoms with Gasteiger partial charge in [-0.05, 0) is 92.4 Å². The van der Waals surface area contributed by atoms with Gasteiger partial charge in [0.1, 0.15) is 5.75 Å². The number of nitrogens with one attached hydrogen (secondary N) is 2. The monoisotopic (exact) mass is 486 g/mol. The second-order valence-corrected chi connectivity index (χ2v) is 10.1. The van der Waals surface area contributed by atoms with Gasteiger partial charge in [0.25, 0.3) is 15.9 Å². The third kappa shape index (κ3) is 6.49. The molecule has 3 aromatic carbocycles. The molecule has 0 saturated carbocycles. The number of ether oxygens (including phenoxy) is 1. The Labute approximate surface area is 200 Å². The van der Waals surface area contributed by atoms with Crippen molar-refractivity contribution < 1.29 is 17.9 Å². The van der Waals surface area contributed by atoms with E-state index in [1.807, 2.05) is 39.0 Å². The molecular weight excluding hydrogens is 460 g/mol. The minimum absolute atomic E-state index is 0.117. The van der Waals surface area contributed by atoms with Crippen LogP contribution in [0.25, 0.3) is 0 Å². The molecule has 0 radical (unpaired) electrons. The third-order valence-corrected chi connectivity index (χ3v) is 6.95. The summed E-state index contributed by atoms with van der Waals surface area (Å²) >= 11 is 5.90. The number of aryl methyl sites for hydroxylation is 3. The maximum absolute atomic E-state index is 12.8. The van der Waals surface area contributed by atoms with Crippen LogP contribution in [0.5, 0.6) is 5.75 Å². The molecule has 2 N–H and O–H groups in total. The van der Waals surface area contributed by atoms with Crippen LogP contribution in [-0.4, -0.2) is 20.9 Å². The maximum Gasteiger partial charge on any atom is 0.261 e. The maximum atomic E-state index is 12.8. The van der Waals surface area contributed by atoms with Gasteiger partial charge in [-0.1, -0.05) is 29.8 Å². The van der Waals surface area contributed by atoms with E-state index in [1.54, 1.807) is 37.3 Å². The Morgan fingerprint density at radius 2 is 1.64 bits per heavy atom. The van der Waals surface area contributed by atoms with E-state index in [2.05, 4.69) is 10.0 Å². The minimum Gasteiger partial charge on any atom is -0.484 e. The van der Waals surface area contributed by atoms with Gasteiger partial charge >= 0.3 is 0 Å². The predicted octanol–water partition coefficient (Wildman–Crippen LogP) is 5.32. The van der Waals surface area contributed by atoms with E-state index in [9.17, 15) is 13.2 Å². The summed E-state index contributed by atoms with van der Waals surface area (Å²) in [4.78, 5) is 12.4. The Morgan fingerprint density at radius 3 is 2.27 bits per heavy atom. The van der Waals surface area contributed by atoms with Crippen LogP contribution in [0.1, 0.15) is 35.2 Å². The van der Waals surface area contributed by atoms with Gasteiger partial charge in [0.15, 0.2) is 6.61 Å². The van der Waals surface area contributed by atoms with Crippen LogP contribution in [0, 0.1) is 20.8 Å². The van der Waals surface area contributed by atoms with E-state index in [4.69, 9.17) is 16.3 Å². The van der Waals surface area contributed by atoms with Gasteiger partial charge < -0.3 is 10.1 Å². The van der Waals surface area contributed by atoms with Crippen LogP contribution in [0.2, 0.25) is 5.02 Å². The third-order valence-electron chi connectivity index (χ3n) is 5.32. The number of anilines is 1. The van der Waals surface area contributed by atoms with Crippen molar-refractivity contribution in [2.24, 2.45) is 0 Å². The lowest BCUT2D eigenvalue weighted by atomic mass is 10.1. The van der Waals surface area contributed by atoms with Crippen LogP contribution >= 0.6 is 11.6 Å². The Kier molecular flexibility index (Phi) is 7.66. The summed E-state index contributed by atoms with van der Waals surface area (Å²) in [6, 6.07) is 17.0. The fourth-order valence-corrected chi connectivity index (χ4v) is 4.49. The van der Waals surface area contributed by atoms with Crippen molar-refractivity contribution in [2.45, 2.75) is 38.6 Å². The van der Waals surface area contributed by atoms with Crippen LogP contribution in [-0.2, 0) is 14.8 Å². The van der Waals surface area contributed by atoms with Gasteiger partial charge in [0, 0.05) is 10.7 Å². The number of sulfonamides is 1. The lowest BCUT2D eigenvalue weighted by Crippen LogP contribution is -2.31. The molecule has 6 nitrogen and oxygen atoms in total. The zero-order valence-corrected chi connectivity index (χ0v) is 20.5. The second-order valence-electron chi connectivity index (χ2n) is 7.96. The van der Waals surface area contributed by atoms with E-state index >= 15 is 0 Å². The molecule has 1 amide bonds. The number of hydrogen-bond acceptors (Lipinski definition) is 4. The highest BCUT2D eigenvalue weighted by atomic mass is 35.5. The van der Waals surface area contributed by atoms with Gasteiger partial charge in [0.2, 0.25) is 0 Å². The van der Waals surface area contributed by atoms with Gasteiger partial charge in [0.05, 0.1) is 10.9 Å². The molecule has 33 heavy (non-hydrogen) atoms. The zero-order valence-electron chi connectivity index (χ0n) is 19.0. The molecule has 0 aliphatic rings. The minimum atomic E-state index is -3.76. The molecule has 0 fully saturated rings. The molecule has 174 valence electrons. The summed E-state index contributed by atoms with van der Waals surface area (Å²) in [5.74, 6) is 0.152. The predicted molar refractivity (Wildman–Crippen MR) is 131 cm³/mol. The number of hydrogen-bond donors (Lipinski definition) is 2.